The number of rotatable bonds is 5. The lowest BCUT2D eigenvalue weighted by atomic mass is 10.1. The van der Waals surface area contributed by atoms with Crippen molar-refractivity contribution >= 4 is 5.95 Å². The Kier molecular flexibility index (Phi) is 4.41. The molecule has 0 unspecified atom stereocenters. The Balaban J connectivity index is 1.50. The lowest BCUT2D eigenvalue weighted by molar-refractivity contribution is 0.594. The number of aromatic nitrogens is 4. The molecule has 3 aromatic rings. The smallest absolute Gasteiger partial charge is 0.225 e. The molecule has 0 atom stereocenters. The second-order valence-electron chi connectivity index (χ2n) is 6.25. The first-order valence-corrected chi connectivity index (χ1v) is 8.63. The van der Waals surface area contributed by atoms with E-state index in [1.165, 1.54) is 18.9 Å². The first-order valence-electron chi connectivity index (χ1n) is 8.63. The third kappa shape index (κ3) is 3.38. The second-order valence-corrected chi connectivity index (χ2v) is 6.25. The van der Waals surface area contributed by atoms with Crippen LogP contribution in [0.4, 0.5) is 10.3 Å². The molecule has 0 radical (unpaired) electrons. The van der Waals surface area contributed by atoms with Crippen LogP contribution in [0.25, 0.3) is 11.4 Å². The Labute approximate surface area is 146 Å². The van der Waals surface area contributed by atoms with Crippen molar-refractivity contribution in [3.05, 3.63) is 60.4 Å². The number of hydrogen-bond acceptors (Lipinski definition) is 4. The van der Waals surface area contributed by atoms with E-state index >= 15 is 0 Å². The normalized spacial score (nSPS) is 14.2. The highest BCUT2D eigenvalue weighted by atomic mass is 19.1. The molecule has 1 aliphatic rings. The van der Waals surface area contributed by atoms with Gasteiger partial charge in [0.1, 0.15) is 11.6 Å². The number of imidazole rings is 1. The van der Waals surface area contributed by atoms with Crippen molar-refractivity contribution in [1.82, 2.24) is 19.5 Å². The molecule has 0 N–H and O–H groups in total. The highest BCUT2D eigenvalue weighted by Gasteiger charge is 2.15. The first-order chi connectivity index (χ1) is 12.3. The van der Waals surface area contributed by atoms with E-state index in [9.17, 15) is 4.39 Å². The van der Waals surface area contributed by atoms with Crippen molar-refractivity contribution in [3.8, 4) is 11.4 Å². The largest absolute Gasteiger partial charge is 0.341 e. The molecule has 0 amide bonds. The molecule has 0 saturated carbocycles. The van der Waals surface area contributed by atoms with Gasteiger partial charge in [0.15, 0.2) is 0 Å². The summed E-state index contributed by atoms with van der Waals surface area (Å²) in [5.41, 5.74) is 1.59. The first kappa shape index (κ1) is 15.7. The predicted octanol–water partition coefficient (Wildman–Crippen LogP) is 3.32. The molecule has 5 nitrogen and oxygen atoms in total. The van der Waals surface area contributed by atoms with E-state index in [-0.39, 0.29) is 5.82 Å². The molecular weight excluding hydrogens is 317 g/mol. The summed E-state index contributed by atoms with van der Waals surface area (Å²) >= 11 is 0. The Morgan fingerprint density at radius 1 is 1.00 bits per heavy atom. The molecule has 6 heteroatoms. The lowest BCUT2D eigenvalue weighted by Crippen LogP contribution is -2.20. The Morgan fingerprint density at radius 3 is 2.52 bits per heavy atom. The van der Waals surface area contributed by atoms with Gasteiger partial charge in [0.2, 0.25) is 5.95 Å². The Bertz CT molecular complexity index is 837. The lowest BCUT2D eigenvalue weighted by Gasteiger charge is -2.15. The van der Waals surface area contributed by atoms with Crippen LogP contribution in [-0.2, 0) is 13.0 Å². The minimum Gasteiger partial charge on any atom is -0.341 e. The van der Waals surface area contributed by atoms with Gasteiger partial charge in [-0.15, -0.1) is 0 Å². The number of hydrogen-bond donors (Lipinski definition) is 0. The standard InChI is InChI=1S/C19H20FN5/c20-17-6-2-1-5-15(17)7-11-24-12-8-21-18(24)16-13-22-19(23-14-16)25-9-3-4-10-25/h1-2,5-6,8,12-14H,3-4,7,9-11H2. The number of anilines is 1. The van der Waals surface area contributed by atoms with Crippen LogP contribution in [0, 0.1) is 5.82 Å². The van der Waals surface area contributed by atoms with Crippen LogP contribution in [0.3, 0.4) is 0 Å². The maximum atomic E-state index is 13.8. The van der Waals surface area contributed by atoms with Gasteiger partial charge in [0, 0.05) is 44.4 Å². The maximum absolute atomic E-state index is 13.8. The summed E-state index contributed by atoms with van der Waals surface area (Å²) in [7, 11) is 0. The van der Waals surface area contributed by atoms with Crippen LogP contribution >= 0.6 is 0 Å². The van der Waals surface area contributed by atoms with Crippen LogP contribution in [0.15, 0.2) is 49.1 Å². The highest BCUT2D eigenvalue weighted by molar-refractivity contribution is 5.54. The second kappa shape index (κ2) is 7.01. The topological polar surface area (TPSA) is 46.8 Å². The molecule has 1 aliphatic heterocycles. The fourth-order valence-electron chi connectivity index (χ4n) is 3.21. The van der Waals surface area contributed by atoms with E-state index in [0.29, 0.717) is 18.5 Å². The van der Waals surface area contributed by atoms with Crippen LogP contribution in [0.5, 0.6) is 0 Å². The minimum atomic E-state index is -0.164. The molecule has 1 fully saturated rings. The quantitative estimate of drug-likeness (QED) is 0.716. The van der Waals surface area contributed by atoms with Crippen LogP contribution in [0.1, 0.15) is 18.4 Å². The van der Waals surface area contributed by atoms with Crippen LogP contribution in [0.2, 0.25) is 0 Å². The van der Waals surface area contributed by atoms with Gasteiger partial charge in [-0.05, 0) is 30.9 Å². The summed E-state index contributed by atoms with van der Waals surface area (Å²) in [6.45, 7) is 2.71. The summed E-state index contributed by atoms with van der Waals surface area (Å²) < 4.78 is 15.8. The highest BCUT2D eigenvalue weighted by Crippen LogP contribution is 2.20. The molecule has 0 aliphatic carbocycles. The van der Waals surface area contributed by atoms with Gasteiger partial charge >= 0.3 is 0 Å². The monoisotopic (exact) mass is 337 g/mol. The van der Waals surface area contributed by atoms with Crippen LogP contribution in [-0.4, -0.2) is 32.6 Å². The number of aryl methyl sites for hydroxylation is 2. The van der Waals surface area contributed by atoms with Crippen molar-refractivity contribution in [2.24, 2.45) is 0 Å². The summed E-state index contributed by atoms with van der Waals surface area (Å²) in [5, 5.41) is 0. The van der Waals surface area contributed by atoms with Gasteiger partial charge in [0.05, 0.1) is 5.56 Å². The molecular formula is C19H20FN5. The van der Waals surface area contributed by atoms with Gasteiger partial charge in [-0.3, -0.25) is 0 Å². The van der Waals surface area contributed by atoms with E-state index < -0.39 is 0 Å². The molecule has 3 heterocycles. The fourth-order valence-corrected chi connectivity index (χ4v) is 3.21. The van der Waals surface area contributed by atoms with Crippen molar-refractivity contribution in [1.29, 1.82) is 0 Å². The van der Waals surface area contributed by atoms with E-state index in [1.807, 2.05) is 35.3 Å². The Hall–Kier alpha value is -2.76. The minimum absolute atomic E-state index is 0.164. The SMILES string of the molecule is Fc1ccccc1CCn1ccnc1-c1cnc(N2CCCC2)nc1. The molecule has 4 rings (SSSR count). The zero-order chi connectivity index (χ0) is 17.1. The summed E-state index contributed by atoms with van der Waals surface area (Å²) in [5.74, 6) is 1.43. The number of benzene rings is 1. The summed E-state index contributed by atoms with van der Waals surface area (Å²) in [6, 6.07) is 6.88. The average Bonchev–Trinajstić information content (AvgIpc) is 3.33. The van der Waals surface area contributed by atoms with Gasteiger partial charge in [-0.2, -0.15) is 0 Å². The molecule has 1 saturated heterocycles. The number of halogens is 1. The van der Waals surface area contributed by atoms with Gasteiger partial charge in [0.25, 0.3) is 0 Å². The van der Waals surface area contributed by atoms with Gasteiger partial charge < -0.3 is 9.47 Å². The van der Waals surface area contributed by atoms with E-state index in [0.717, 1.165) is 30.4 Å². The average molecular weight is 337 g/mol. The summed E-state index contributed by atoms with van der Waals surface area (Å²) in [6.07, 6.45) is 10.3. The van der Waals surface area contributed by atoms with Crippen molar-refractivity contribution in [2.75, 3.05) is 18.0 Å². The van der Waals surface area contributed by atoms with Crippen molar-refractivity contribution in [3.63, 3.8) is 0 Å². The Morgan fingerprint density at radius 2 is 1.76 bits per heavy atom. The van der Waals surface area contributed by atoms with Crippen molar-refractivity contribution < 1.29 is 4.39 Å². The van der Waals surface area contributed by atoms with E-state index in [1.54, 1.807) is 12.3 Å². The molecule has 1 aromatic carbocycles. The van der Waals surface area contributed by atoms with Gasteiger partial charge in [-0.1, -0.05) is 18.2 Å². The van der Waals surface area contributed by atoms with E-state index in [4.69, 9.17) is 0 Å². The number of nitrogens with zero attached hydrogens (tertiary/aromatic N) is 5. The molecule has 0 bridgehead atoms. The van der Waals surface area contributed by atoms with Crippen LogP contribution < -0.4 is 4.90 Å². The van der Waals surface area contributed by atoms with Crippen molar-refractivity contribution in [2.45, 2.75) is 25.8 Å². The summed E-state index contributed by atoms with van der Waals surface area (Å²) in [4.78, 5) is 15.6. The fraction of sp³-hybridized carbons (Fsp3) is 0.316. The molecule has 128 valence electrons. The zero-order valence-electron chi connectivity index (χ0n) is 14.0. The molecule has 25 heavy (non-hydrogen) atoms. The predicted molar refractivity (Wildman–Crippen MR) is 94.8 cm³/mol. The third-order valence-corrected chi connectivity index (χ3v) is 4.58. The van der Waals surface area contributed by atoms with E-state index in [2.05, 4.69) is 19.9 Å². The molecule has 0 spiro atoms. The van der Waals surface area contributed by atoms with Gasteiger partial charge in [-0.25, -0.2) is 19.3 Å². The zero-order valence-corrected chi connectivity index (χ0v) is 14.0. The maximum Gasteiger partial charge on any atom is 0.225 e. The molecule has 2 aromatic heterocycles. The third-order valence-electron chi connectivity index (χ3n) is 4.58.